The minimum atomic E-state index is -0.307. The van der Waals surface area contributed by atoms with Crippen LogP contribution in [0.1, 0.15) is 0 Å². The fraction of sp³-hybridized carbons (Fsp3) is 0.278. The first-order chi connectivity index (χ1) is 12.2. The Balaban J connectivity index is 1.61. The molecule has 0 bridgehead atoms. The summed E-state index contributed by atoms with van der Waals surface area (Å²) >= 11 is 0. The molecule has 128 valence electrons. The van der Waals surface area contributed by atoms with Gasteiger partial charge in [0.05, 0.1) is 11.9 Å². The maximum Gasteiger partial charge on any atom is 0.225 e. The van der Waals surface area contributed by atoms with Crippen molar-refractivity contribution >= 4 is 5.95 Å². The van der Waals surface area contributed by atoms with Crippen molar-refractivity contribution in [1.29, 1.82) is 0 Å². The second-order valence-corrected chi connectivity index (χ2v) is 6.16. The van der Waals surface area contributed by atoms with Crippen molar-refractivity contribution in [3.8, 4) is 16.9 Å². The number of anilines is 1. The van der Waals surface area contributed by atoms with E-state index in [2.05, 4.69) is 31.9 Å². The summed E-state index contributed by atoms with van der Waals surface area (Å²) in [5.41, 5.74) is 2.04. The number of likely N-dealkylation sites (N-methyl/N-ethyl adjacent to an activating group) is 1. The normalized spacial score (nSPS) is 15.5. The van der Waals surface area contributed by atoms with Gasteiger partial charge < -0.3 is 9.80 Å². The van der Waals surface area contributed by atoms with Gasteiger partial charge in [-0.05, 0) is 25.2 Å². The number of piperazine rings is 1. The van der Waals surface area contributed by atoms with Gasteiger partial charge in [-0.1, -0.05) is 12.1 Å². The van der Waals surface area contributed by atoms with E-state index in [9.17, 15) is 4.39 Å². The Bertz CT molecular complexity index is 869. The number of nitrogens with zero attached hydrogens (tertiary/aromatic N) is 6. The number of hydrogen-bond acceptors (Lipinski definition) is 5. The molecule has 0 unspecified atom stereocenters. The molecule has 1 aromatic carbocycles. The highest BCUT2D eigenvalue weighted by atomic mass is 19.1. The van der Waals surface area contributed by atoms with Crippen LogP contribution in [-0.4, -0.2) is 57.9 Å². The number of benzene rings is 1. The zero-order valence-electron chi connectivity index (χ0n) is 14.0. The summed E-state index contributed by atoms with van der Waals surface area (Å²) in [6, 6.07) is 8.42. The smallest absolute Gasteiger partial charge is 0.225 e. The molecule has 0 amide bonds. The molecule has 0 atom stereocenters. The lowest BCUT2D eigenvalue weighted by Gasteiger charge is -2.32. The molecule has 0 aliphatic carbocycles. The molecule has 4 rings (SSSR count). The SMILES string of the molecule is CN1CCN(c2nccc(-c3cnn(-c4ccccc4F)c3)n2)CC1. The quantitative estimate of drug-likeness (QED) is 0.733. The number of aromatic nitrogens is 4. The largest absolute Gasteiger partial charge is 0.338 e. The number of para-hydroxylation sites is 1. The van der Waals surface area contributed by atoms with Crippen LogP contribution in [-0.2, 0) is 0 Å². The van der Waals surface area contributed by atoms with Crippen LogP contribution >= 0.6 is 0 Å². The predicted octanol–water partition coefficient (Wildman–Crippen LogP) is 2.22. The third-order valence-corrected chi connectivity index (χ3v) is 4.41. The van der Waals surface area contributed by atoms with Crippen LogP contribution in [0.3, 0.4) is 0 Å². The number of hydrogen-bond donors (Lipinski definition) is 0. The molecule has 1 saturated heterocycles. The Hall–Kier alpha value is -2.80. The van der Waals surface area contributed by atoms with Gasteiger partial charge in [0.1, 0.15) is 11.5 Å². The van der Waals surface area contributed by atoms with E-state index >= 15 is 0 Å². The maximum absolute atomic E-state index is 13.9. The van der Waals surface area contributed by atoms with E-state index in [4.69, 9.17) is 0 Å². The Morgan fingerprint density at radius 1 is 1.04 bits per heavy atom. The average molecular weight is 338 g/mol. The van der Waals surface area contributed by atoms with Crippen molar-refractivity contribution in [2.24, 2.45) is 0 Å². The molecular formula is C18H19FN6. The van der Waals surface area contributed by atoms with Crippen LogP contribution in [0.15, 0.2) is 48.9 Å². The molecule has 0 N–H and O–H groups in total. The van der Waals surface area contributed by atoms with Crippen LogP contribution in [0.2, 0.25) is 0 Å². The Labute approximate surface area is 145 Å². The third-order valence-electron chi connectivity index (χ3n) is 4.41. The van der Waals surface area contributed by atoms with Crippen molar-refractivity contribution in [3.63, 3.8) is 0 Å². The van der Waals surface area contributed by atoms with Gasteiger partial charge in [0.15, 0.2) is 0 Å². The molecular weight excluding hydrogens is 319 g/mol. The molecule has 6 nitrogen and oxygen atoms in total. The highest BCUT2D eigenvalue weighted by molar-refractivity contribution is 5.59. The Kier molecular flexibility index (Phi) is 4.15. The Morgan fingerprint density at radius 3 is 2.64 bits per heavy atom. The topological polar surface area (TPSA) is 50.1 Å². The van der Waals surface area contributed by atoms with Gasteiger partial charge in [0.25, 0.3) is 0 Å². The maximum atomic E-state index is 13.9. The summed E-state index contributed by atoms with van der Waals surface area (Å²) in [6.07, 6.45) is 5.24. The highest BCUT2D eigenvalue weighted by Crippen LogP contribution is 2.21. The lowest BCUT2D eigenvalue weighted by Crippen LogP contribution is -2.45. The van der Waals surface area contributed by atoms with Crippen LogP contribution in [0.5, 0.6) is 0 Å². The second kappa shape index (κ2) is 6.60. The molecule has 0 saturated carbocycles. The van der Waals surface area contributed by atoms with Gasteiger partial charge in [-0.3, -0.25) is 0 Å². The van der Waals surface area contributed by atoms with E-state index < -0.39 is 0 Å². The van der Waals surface area contributed by atoms with Crippen molar-refractivity contribution < 1.29 is 4.39 Å². The van der Waals surface area contributed by atoms with Gasteiger partial charge >= 0.3 is 0 Å². The first kappa shape index (κ1) is 15.7. The first-order valence-corrected chi connectivity index (χ1v) is 8.27. The first-order valence-electron chi connectivity index (χ1n) is 8.27. The number of rotatable bonds is 3. The summed E-state index contributed by atoms with van der Waals surface area (Å²) in [5.74, 6) is 0.419. The standard InChI is InChI=1S/C18H19FN6/c1-23-8-10-24(11-9-23)18-20-7-6-16(22-18)14-12-21-25(13-14)17-5-3-2-4-15(17)19/h2-7,12-13H,8-11H2,1H3. The lowest BCUT2D eigenvalue weighted by atomic mass is 10.2. The van der Waals surface area contributed by atoms with Crippen molar-refractivity contribution in [2.45, 2.75) is 0 Å². The summed E-state index contributed by atoms with van der Waals surface area (Å²) in [5, 5.41) is 4.27. The van der Waals surface area contributed by atoms with Crippen molar-refractivity contribution in [2.75, 3.05) is 38.1 Å². The molecule has 3 heterocycles. The van der Waals surface area contributed by atoms with Crippen LogP contribution in [0, 0.1) is 5.82 Å². The average Bonchev–Trinajstić information content (AvgIpc) is 3.13. The van der Waals surface area contributed by atoms with Crippen molar-refractivity contribution in [3.05, 3.63) is 54.7 Å². The molecule has 0 radical (unpaired) electrons. The molecule has 1 aliphatic heterocycles. The fourth-order valence-electron chi connectivity index (χ4n) is 2.89. The Morgan fingerprint density at radius 2 is 1.84 bits per heavy atom. The third kappa shape index (κ3) is 3.23. The van der Waals surface area contributed by atoms with Crippen LogP contribution in [0.25, 0.3) is 16.9 Å². The minimum absolute atomic E-state index is 0.307. The van der Waals surface area contributed by atoms with E-state index in [0.717, 1.165) is 43.4 Å². The number of halogens is 1. The van der Waals surface area contributed by atoms with E-state index in [-0.39, 0.29) is 5.82 Å². The molecule has 1 aliphatic rings. The zero-order valence-corrected chi connectivity index (χ0v) is 14.0. The summed E-state index contributed by atoms with van der Waals surface area (Å²) < 4.78 is 15.5. The molecule has 25 heavy (non-hydrogen) atoms. The molecule has 0 spiro atoms. The summed E-state index contributed by atoms with van der Waals surface area (Å²) in [7, 11) is 2.12. The van der Waals surface area contributed by atoms with E-state index in [1.807, 2.05) is 6.07 Å². The minimum Gasteiger partial charge on any atom is -0.338 e. The van der Waals surface area contributed by atoms with Gasteiger partial charge in [-0.15, -0.1) is 0 Å². The monoisotopic (exact) mass is 338 g/mol. The molecule has 3 aromatic rings. The summed E-state index contributed by atoms with van der Waals surface area (Å²) in [4.78, 5) is 13.5. The summed E-state index contributed by atoms with van der Waals surface area (Å²) in [6.45, 7) is 3.82. The zero-order chi connectivity index (χ0) is 17.2. The lowest BCUT2D eigenvalue weighted by molar-refractivity contribution is 0.311. The fourth-order valence-corrected chi connectivity index (χ4v) is 2.89. The second-order valence-electron chi connectivity index (χ2n) is 6.16. The molecule has 2 aromatic heterocycles. The van der Waals surface area contributed by atoms with Gasteiger partial charge in [-0.2, -0.15) is 5.10 Å². The molecule has 7 heteroatoms. The van der Waals surface area contributed by atoms with E-state index in [0.29, 0.717) is 5.69 Å². The van der Waals surface area contributed by atoms with Gasteiger partial charge in [0, 0.05) is 44.1 Å². The van der Waals surface area contributed by atoms with Crippen molar-refractivity contribution in [1.82, 2.24) is 24.6 Å². The van der Waals surface area contributed by atoms with E-state index in [1.165, 1.54) is 10.7 Å². The van der Waals surface area contributed by atoms with Gasteiger partial charge in [-0.25, -0.2) is 19.0 Å². The highest BCUT2D eigenvalue weighted by Gasteiger charge is 2.17. The molecule has 1 fully saturated rings. The van der Waals surface area contributed by atoms with Crippen LogP contribution in [0.4, 0.5) is 10.3 Å². The van der Waals surface area contributed by atoms with E-state index in [1.54, 1.807) is 36.8 Å². The van der Waals surface area contributed by atoms with Gasteiger partial charge in [0.2, 0.25) is 5.95 Å². The predicted molar refractivity (Wildman–Crippen MR) is 94.3 cm³/mol. The van der Waals surface area contributed by atoms with Crippen LogP contribution < -0.4 is 4.90 Å².